The van der Waals surface area contributed by atoms with Gasteiger partial charge in [-0.3, -0.25) is 0 Å². The molecule has 0 aliphatic rings. The highest BCUT2D eigenvalue weighted by Crippen LogP contribution is 2.13. The SMILES string of the molecule is CC(C)CC(C)N(C)CCCOc1ccc(C(N)=S)cc1. The van der Waals surface area contributed by atoms with Crippen molar-refractivity contribution >= 4 is 17.2 Å². The highest BCUT2D eigenvalue weighted by atomic mass is 32.1. The van der Waals surface area contributed by atoms with Gasteiger partial charge in [-0.1, -0.05) is 26.1 Å². The van der Waals surface area contributed by atoms with E-state index in [4.69, 9.17) is 22.7 Å². The van der Waals surface area contributed by atoms with Crippen LogP contribution < -0.4 is 10.5 Å². The van der Waals surface area contributed by atoms with E-state index in [9.17, 15) is 0 Å². The van der Waals surface area contributed by atoms with Gasteiger partial charge in [0, 0.05) is 18.2 Å². The fourth-order valence-corrected chi connectivity index (χ4v) is 2.44. The van der Waals surface area contributed by atoms with E-state index in [0.717, 1.165) is 36.8 Å². The van der Waals surface area contributed by atoms with Crippen LogP contribution in [0, 0.1) is 5.92 Å². The smallest absolute Gasteiger partial charge is 0.119 e. The van der Waals surface area contributed by atoms with Crippen LogP contribution in [0.1, 0.15) is 39.2 Å². The van der Waals surface area contributed by atoms with Crippen LogP contribution in [0.4, 0.5) is 0 Å². The fraction of sp³-hybridized carbons (Fsp3) is 0.588. The predicted molar refractivity (Wildman–Crippen MR) is 94.0 cm³/mol. The molecule has 0 amide bonds. The van der Waals surface area contributed by atoms with Gasteiger partial charge >= 0.3 is 0 Å². The summed E-state index contributed by atoms with van der Waals surface area (Å²) in [7, 11) is 2.18. The van der Waals surface area contributed by atoms with Crippen LogP contribution in [-0.2, 0) is 0 Å². The summed E-state index contributed by atoms with van der Waals surface area (Å²) in [6, 6.07) is 8.25. The van der Waals surface area contributed by atoms with Crippen LogP contribution in [0.3, 0.4) is 0 Å². The minimum atomic E-state index is 0.419. The number of nitrogens with two attached hydrogens (primary N) is 1. The Balaban J connectivity index is 2.26. The molecule has 1 unspecified atom stereocenters. The van der Waals surface area contributed by atoms with Crippen molar-refractivity contribution in [1.82, 2.24) is 4.90 Å². The minimum Gasteiger partial charge on any atom is -0.494 e. The van der Waals surface area contributed by atoms with Crippen LogP contribution in [-0.4, -0.2) is 36.1 Å². The van der Waals surface area contributed by atoms with Gasteiger partial charge in [-0.05, 0) is 57.0 Å². The van der Waals surface area contributed by atoms with Gasteiger partial charge in [0.2, 0.25) is 0 Å². The molecule has 1 aromatic carbocycles. The highest BCUT2D eigenvalue weighted by Gasteiger charge is 2.10. The fourth-order valence-electron chi connectivity index (χ4n) is 2.30. The lowest BCUT2D eigenvalue weighted by molar-refractivity contribution is 0.205. The predicted octanol–water partition coefficient (Wildman–Crippen LogP) is 3.46. The van der Waals surface area contributed by atoms with Crippen molar-refractivity contribution < 1.29 is 4.74 Å². The maximum absolute atomic E-state index is 5.74. The third-order valence-electron chi connectivity index (χ3n) is 3.63. The van der Waals surface area contributed by atoms with E-state index in [-0.39, 0.29) is 0 Å². The summed E-state index contributed by atoms with van der Waals surface area (Å²) >= 11 is 4.93. The van der Waals surface area contributed by atoms with E-state index in [1.807, 2.05) is 24.3 Å². The molecule has 2 N–H and O–H groups in total. The summed E-state index contributed by atoms with van der Waals surface area (Å²) in [5.74, 6) is 1.61. The standard InChI is InChI=1S/C17H28N2OS/c1-13(2)12-14(3)19(4)10-5-11-20-16-8-6-15(7-9-16)17(18)21/h6-9,13-14H,5,10-12H2,1-4H3,(H2,18,21). The Labute approximate surface area is 134 Å². The summed E-state index contributed by atoms with van der Waals surface area (Å²) < 4.78 is 5.74. The summed E-state index contributed by atoms with van der Waals surface area (Å²) in [6.07, 6.45) is 2.26. The summed E-state index contributed by atoms with van der Waals surface area (Å²) in [5, 5.41) is 0. The van der Waals surface area contributed by atoms with E-state index in [0.29, 0.717) is 11.0 Å². The monoisotopic (exact) mass is 308 g/mol. The van der Waals surface area contributed by atoms with E-state index >= 15 is 0 Å². The maximum Gasteiger partial charge on any atom is 0.119 e. The molecule has 21 heavy (non-hydrogen) atoms. The molecule has 0 heterocycles. The molecule has 0 radical (unpaired) electrons. The van der Waals surface area contributed by atoms with Gasteiger partial charge in [0.05, 0.1) is 6.61 Å². The van der Waals surface area contributed by atoms with Crippen LogP contribution in [0.25, 0.3) is 0 Å². The van der Waals surface area contributed by atoms with Gasteiger partial charge in [-0.15, -0.1) is 0 Å². The lowest BCUT2D eigenvalue weighted by Gasteiger charge is -2.26. The van der Waals surface area contributed by atoms with Gasteiger partial charge in [-0.2, -0.15) is 0 Å². The molecule has 0 spiro atoms. The normalized spacial score (nSPS) is 12.7. The third kappa shape index (κ3) is 6.91. The first-order valence-corrected chi connectivity index (χ1v) is 8.04. The number of rotatable bonds is 9. The molecule has 0 aliphatic carbocycles. The number of hydrogen-bond acceptors (Lipinski definition) is 3. The zero-order valence-electron chi connectivity index (χ0n) is 13.6. The van der Waals surface area contributed by atoms with Crippen molar-refractivity contribution in [2.75, 3.05) is 20.2 Å². The van der Waals surface area contributed by atoms with Crippen LogP contribution in [0.15, 0.2) is 24.3 Å². The Kier molecular flexibility index (Phi) is 7.68. The molecule has 0 bridgehead atoms. The molecule has 0 fully saturated rings. The first-order chi connectivity index (χ1) is 9.90. The summed E-state index contributed by atoms with van der Waals surface area (Å²) in [6.45, 7) is 8.60. The zero-order valence-corrected chi connectivity index (χ0v) is 14.5. The highest BCUT2D eigenvalue weighted by molar-refractivity contribution is 7.80. The first-order valence-electron chi connectivity index (χ1n) is 7.63. The second-order valence-corrected chi connectivity index (χ2v) is 6.49. The Bertz CT molecular complexity index is 431. The topological polar surface area (TPSA) is 38.5 Å². The Hall–Kier alpha value is -1.13. The third-order valence-corrected chi connectivity index (χ3v) is 3.86. The molecule has 0 aromatic heterocycles. The second-order valence-electron chi connectivity index (χ2n) is 6.05. The van der Waals surface area contributed by atoms with Gasteiger partial charge < -0.3 is 15.4 Å². The van der Waals surface area contributed by atoms with Crippen molar-refractivity contribution in [3.8, 4) is 5.75 Å². The average Bonchev–Trinajstić information content (AvgIpc) is 2.43. The average molecular weight is 308 g/mol. The number of ether oxygens (including phenoxy) is 1. The van der Waals surface area contributed by atoms with E-state index in [2.05, 4.69) is 32.7 Å². The Morgan fingerprint density at radius 3 is 2.38 bits per heavy atom. The molecule has 0 saturated heterocycles. The Morgan fingerprint density at radius 2 is 1.86 bits per heavy atom. The van der Waals surface area contributed by atoms with Gasteiger partial charge in [-0.25, -0.2) is 0 Å². The number of hydrogen-bond donors (Lipinski definition) is 1. The molecule has 4 heteroatoms. The molecule has 1 aromatic rings. The van der Waals surface area contributed by atoms with E-state index in [1.165, 1.54) is 6.42 Å². The van der Waals surface area contributed by atoms with Crippen molar-refractivity contribution in [2.24, 2.45) is 11.7 Å². The van der Waals surface area contributed by atoms with Gasteiger partial charge in [0.15, 0.2) is 0 Å². The van der Waals surface area contributed by atoms with Crippen molar-refractivity contribution in [3.05, 3.63) is 29.8 Å². The zero-order chi connectivity index (χ0) is 15.8. The molecule has 3 nitrogen and oxygen atoms in total. The molecule has 0 aliphatic heterocycles. The molecular formula is C17H28N2OS. The largest absolute Gasteiger partial charge is 0.494 e. The Morgan fingerprint density at radius 1 is 1.24 bits per heavy atom. The lowest BCUT2D eigenvalue weighted by Crippen LogP contribution is -2.31. The minimum absolute atomic E-state index is 0.419. The number of thiocarbonyl (C=S) groups is 1. The van der Waals surface area contributed by atoms with E-state index in [1.54, 1.807) is 0 Å². The van der Waals surface area contributed by atoms with Gasteiger partial charge in [0.25, 0.3) is 0 Å². The summed E-state index contributed by atoms with van der Waals surface area (Å²) in [4.78, 5) is 2.82. The van der Waals surface area contributed by atoms with Crippen LogP contribution in [0.5, 0.6) is 5.75 Å². The molecule has 1 rings (SSSR count). The van der Waals surface area contributed by atoms with Crippen molar-refractivity contribution in [1.29, 1.82) is 0 Å². The number of nitrogens with zero attached hydrogens (tertiary/aromatic N) is 1. The number of benzene rings is 1. The molecule has 0 saturated carbocycles. The molecular weight excluding hydrogens is 280 g/mol. The quantitative estimate of drug-likeness (QED) is 0.560. The van der Waals surface area contributed by atoms with E-state index < -0.39 is 0 Å². The molecule has 118 valence electrons. The van der Waals surface area contributed by atoms with Crippen molar-refractivity contribution in [2.45, 2.75) is 39.7 Å². The lowest BCUT2D eigenvalue weighted by atomic mass is 10.0. The van der Waals surface area contributed by atoms with Gasteiger partial charge in [0.1, 0.15) is 10.7 Å². The second kappa shape index (κ2) is 9.00. The summed E-state index contributed by atoms with van der Waals surface area (Å²) in [5.41, 5.74) is 6.44. The van der Waals surface area contributed by atoms with Crippen LogP contribution >= 0.6 is 12.2 Å². The van der Waals surface area contributed by atoms with Crippen LogP contribution in [0.2, 0.25) is 0 Å². The van der Waals surface area contributed by atoms with Crippen molar-refractivity contribution in [3.63, 3.8) is 0 Å². The maximum atomic E-state index is 5.74. The first kappa shape index (κ1) is 17.9. The molecule has 1 atom stereocenters.